The van der Waals surface area contributed by atoms with E-state index in [1.165, 1.54) is 5.56 Å². The van der Waals surface area contributed by atoms with Gasteiger partial charge in [0.2, 0.25) is 0 Å². The average Bonchev–Trinajstić information content (AvgIpc) is 2.82. The van der Waals surface area contributed by atoms with Crippen LogP contribution in [0.3, 0.4) is 0 Å². The molecule has 158 valence electrons. The first-order chi connectivity index (χ1) is 15.4. The van der Waals surface area contributed by atoms with Crippen LogP contribution in [0.2, 0.25) is 0 Å². The molecule has 0 spiro atoms. The maximum atomic E-state index is 7.00. The number of para-hydroxylation sites is 1. The number of anilines is 1. The Morgan fingerprint density at radius 2 is 1.65 bits per heavy atom. The number of nitrogens with one attached hydrogen (secondary N) is 2. The minimum Gasteiger partial charge on any atom is -0.493 e. The van der Waals surface area contributed by atoms with E-state index in [2.05, 4.69) is 43.9 Å². The highest BCUT2D eigenvalue weighted by atomic mass is 16.5. The van der Waals surface area contributed by atoms with Crippen molar-refractivity contribution in [2.24, 2.45) is 4.99 Å². The predicted octanol–water partition coefficient (Wildman–Crippen LogP) is 5.58. The van der Waals surface area contributed by atoms with Crippen molar-refractivity contribution in [3.05, 3.63) is 90.6 Å². The maximum Gasteiger partial charge on any atom is 0.266 e. The summed E-state index contributed by atoms with van der Waals surface area (Å²) in [5, 5.41) is 3.09. The molecule has 0 aliphatic carbocycles. The summed E-state index contributed by atoms with van der Waals surface area (Å²) in [5.74, 6) is 1.39. The van der Waals surface area contributed by atoms with E-state index in [0.29, 0.717) is 19.1 Å². The van der Waals surface area contributed by atoms with E-state index in [4.69, 9.17) is 11.3 Å². The molecule has 0 saturated heterocycles. The van der Waals surface area contributed by atoms with Crippen molar-refractivity contribution in [1.29, 1.82) is 0 Å². The zero-order valence-corrected chi connectivity index (χ0v) is 17.5. The predicted molar refractivity (Wildman–Crippen MR) is 126 cm³/mol. The monoisotopic (exact) mass is 413 g/mol. The molecule has 0 radical (unpaired) electrons. The van der Waals surface area contributed by atoms with Crippen LogP contribution in [0.15, 0.2) is 84.1 Å². The Balaban J connectivity index is 1.36. The van der Waals surface area contributed by atoms with E-state index in [0.717, 1.165) is 42.7 Å². The highest BCUT2D eigenvalue weighted by Crippen LogP contribution is 2.29. The molecule has 1 aromatic heterocycles. The summed E-state index contributed by atoms with van der Waals surface area (Å²) < 4.78 is 6.05. The van der Waals surface area contributed by atoms with E-state index < -0.39 is 0 Å². The van der Waals surface area contributed by atoms with Gasteiger partial charge in [-0.15, -0.1) is 0 Å². The van der Waals surface area contributed by atoms with E-state index >= 15 is 0 Å². The van der Waals surface area contributed by atoms with Crippen molar-refractivity contribution in [3.63, 3.8) is 0 Å². The Kier molecular flexibility index (Phi) is 8.92. The summed E-state index contributed by atoms with van der Waals surface area (Å²) >= 11 is 0. The van der Waals surface area contributed by atoms with Crippen LogP contribution in [0.1, 0.15) is 25.7 Å². The fraction of sp³-hybridized carbons (Fsp3) is 0.240. The van der Waals surface area contributed by atoms with Gasteiger partial charge in [-0.2, -0.15) is 11.5 Å². The number of aromatic nitrogens is 1. The molecule has 0 aliphatic heterocycles. The third-order valence-corrected chi connectivity index (χ3v) is 4.66. The largest absolute Gasteiger partial charge is 0.493 e. The van der Waals surface area contributed by atoms with Crippen LogP contribution in [0.4, 0.5) is 5.69 Å². The molecule has 3 aromatic rings. The molecule has 0 atom stereocenters. The van der Waals surface area contributed by atoms with E-state index in [-0.39, 0.29) is 0 Å². The summed E-state index contributed by atoms with van der Waals surface area (Å²) in [7, 11) is 0. The lowest BCUT2D eigenvalue weighted by Crippen LogP contribution is -2.25. The Morgan fingerprint density at radius 1 is 0.903 bits per heavy atom. The number of rotatable bonds is 10. The molecule has 3 rings (SSSR count). The van der Waals surface area contributed by atoms with E-state index in [9.17, 15) is 0 Å². The van der Waals surface area contributed by atoms with Crippen LogP contribution in [-0.4, -0.2) is 24.1 Å². The number of guanidine groups is 1. The quantitative estimate of drug-likeness (QED) is 0.150. The lowest BCUT2D eigenvalue weighted by Gasteiger charge is -2.11. The van der Waals surface area contributed by atoms with Gasteiger partial charge < -0.3 is 10.1 Å². The lowest BCUT2D eigenvalue weighted by atomic mass is 10.1. The number of hydrogen-bond acceptors (Lipinski definition) is 3. The normalized spacial score (nSPS) is 10.9. The van der Waals surface area contributed by atoms with Crippen LogP contribution < -0.4 is 15.5 Å². The number of benzene rings is 2. The first-order valence-corrected chi connectivity index (χ1v) is 10.5. The highest BCUT2D eigenvalue weighted by molar-refractivity contribution is 5.93. The molecular formula is C25H27N5O. The van der Waals surface area contributed by atoms with Gasteiger partial charge in [0.25, 0.3) is 5.96 Å². The van der Waals surface area contributed by atoms with Crippen molar-refractivity contribution >= 4 is 11.6 Å². The van der Waals surface area contributed by atoms with Gasteiger partial charge in [-0.05, 0) is 43.0 Å². The smallest absolute Gasteiger partial charge is 0.266 e. The molecule has 0 aliphatic rings. The summed E-state index contributed by atoms with van der Waals surface area (Å²) in [5.41, 5.74) is 5.71. The van der Waals surface area contributed by atoms with Gasteiger partial charge in [-0.1, -0.05) is 60.4 Å². The van der Waals surface area contributed by atoms with E-state index in [1.807, 2.05) is 48.5 Å². The molecule has 6 nitrogen and oxygen atoms in total. The van der Waals surface area contributed by atoms with E-state index in [1.54, 1.807) is 12.4 Å². The lowest BCUT2D eigenvalue weighted by molar-refractivity contribution is 0.306. The first-order valence-electron chi connectivity index (χ1n) is 10.5. The average molecular weight is 414 g/mol. The van der Waals surface area contributed by atoms with Crippen LogP contribution in [0.5, 0.6) is 5.75 Å². The van der Waals surface area contributed by atoms with Crippen molar-refractivity contribution in [3.8, 4) is 16.9 Å². The highest BCUT2D eigenvalue weighted by Gasteiger charge is 2.05. The van der Waals surface area contributed by atoms with Crippen LogP contribution in [-0.2, 0) is 0 Å². The van der Waals surface area contributed by atoms with Gasteiger partial charge in [-0.3, -0.25) is 4.98 Å². The minimum absolute atomic E-state index is 0.460. The third kappa shape index (κ3) is 7.48. The zero-order chi connectivity index (χ0) is 21.6. The van der Waals surface area contributed by atoms with Crippen molar-refractivity contribution in [2.45, 2.75) is 25.7 Å². The molecule has 0 bridgehead atoms. The molecule has 1 heterocycles. The van der Waals surface area contributed by atoms with Gasteiger partial charge in [0.1, 0.15) is 5.75 Å². The third-order valence-electron chi connectivity index (χ3n) is 4.66. The van der Waals surface area contributed by atoms with Gasteiger partial charge in [0.05, 0.1) is 6.61 Å². The standard InChI is InChI=1S/C25H27N5O/c1-26-30-25(29-22-15-18-27-19-16-22)28-17-9-2-3-10-20-31-24-14-8-7-13-23(24)21-11-5-4-6-12-21/h4-8,11-16,18-19H,2-3,9-10,17,20H2,(H2,27,28,29,30). The summed E-state index contributed by atoms with van der Waals surface area (Å²) in [6.45, 7) is 8.36. The molecule has 0 saturated carbocycles. The molecule has 0 fully saturated rings. The Morgan fingerprint density at radius 3 is 2.45 bits per heavy atom. The van der Waals surface area contributed by atoms with Crippen molar-refractivity contribution in [2.75, 3.05) is 18.5 Å². The number of aliphatic imine (C=N–C) groups is 1. The second-order valence-corrected chi connectivity index (χ2v) is 6.94. The SMILES string of the molecule is [C-]#[N+]NC(=NCCCCCCOc1ccccc1-c1ccccc1)Nc1ccncc1. The van der Waals surface area contributed by atoms with Gasteiger partial charge >= 0.3 is 0 Å². The number of unbranched alkanes of at least 4 members (excludes halogenated alkanes) is 3. The molecule has 0 amide bonds. The molecule has 2 N–H and O–H groups in total. The fourth-order valence-electron chi connectivity index (χ4n) is 3.12. The van der Waals surface area contributed by atoms with Gasteiger partial charge in [-0.25, -0.2) is 4.99 Å². The minimum atomic E-state index is 0.460. The number of ether oxygens (including phenoxy) is 1. The van der Waals surface area contributed by atoms with Gasteiger partial charge in [0.15, 0.2) is 0 Å². The molecule has 0 unspecified atom stereocenters. The Hall–Kier alpha value is -3.85. The second-order valence-electron chi connectivity index (χ2n) is 6.94. The van der Waals surface area contributed by atoms with Crippen LogP contribution in [0.25, 0.3) is 16.1 Å². The van der Waals surface area contributed by atoms with Crippen LogP contribution >= 0.6 is 0 Å². The molecule has 2 aromatic carbocycles. The second kappa shape index (κ2) is 12.7. The zero-order valence-electron chi connectivity index (χ0n) is 17.5. The molecule has 6 heteroatoms. The maximum absolute atomic E-state index is 7.00. The Labute approximate surface area is 183 Å². The van der Waals surface area contributed by atoms with Gasteiger partial charge in [0, 0.05) is 30.2 Å². The van der Waals surface area contributed by atoms with Crippen LogP contribution in [0, 0.1) is 6.57 Å². The number of nitrogens with zero attached hydrogens (tertiary/aromatic N) is 3. The molecule has 31 heavy (non-hydrogen) atoms. The molecular weight excluding hydrogens is 386 g/mol. The summed E-state index contributed by atoms with van der Waals surface area (Å²) in [4.78, 5) is 11.6. The fourth-order valence-corrected chi connectivity index (χ4v) is 3.12. The Bertz CT molecular complexity index is 984. The topological polar surface area (TPSA) is 62.9 Å². The number of pyridine rings is 1. The number of hydrogen-bond donors (Lipinski definition) is 2. The first kappa shape index (κ1) is 21.8. The van der Waals surface area contributed by atoms with Crippen molar-refractivity contribution < 1.29 is 4.74 Å². The summed E-state index contributed by atoms with van der Waals surface area (Å²) in [6, 6.07) is 22.1. The summed E-state index contributed by atoms with van der Waals surface area (Å²) in [6.07, 6.45) is 7.48. The van der Waals surface area contributed by atoms with Crippen molar-refractivity contribution in [1.82, 2.24) is 10.4 Å².